The van der Waals surface area contributed by atoms with Gasteiger partial charge < -0.3 is 0 Å². The second-order valence-electron chi connectivity index (χ2n) is 6.17. The predicted molar refractivity (Wildman–Crippen MR) is 102 cm³/mol. The Hall–Kier alpha value is -2.34. The molecule has 3 aromatic carbocycles. The molecular formula is C23H24. The van der Waals surface area contributed by atoms with E-state index in [9.17, 15) is 0 Å². The lowest BCUT2D eigenvalue weighted by molar-refractivity contribution is 0.922. The highest BCUT2D eigenvalue weighted by molar-refractivity contribution is 5.87. The summed E-state index contributed by atoms with van der Waals surface area (Å²) in [5.74, 6) is 0. The van der Waals surface area contributed by atoms with E-state index in [4.69, 9.17) is 0 Å². The van der Waals surface area contributed by atoms with E-state index < -0.39 is 0 Å². The smallest absolute Gasteiger partial charge is 0.0178 e. The van der Waals surface area contributed by atoms with Gasteiger partial charge in [0.1, 0.15) is 0 Å². The van der Waals surface area contributed by atoms with Crippen molar-refractivity contribution in [3.63, 3.8) is 0 Å². The van der Waals surface area contributed by atoms with E-state index in [-0.39, 0.29) is 0 Å². The predicted octanol–water partition coefficient (Wildman–Crippen LogP) is 6.58. The maximum Gasteiger partial charge on any atom is -0.0178 e. The standard InChI is InChI=1S/C23H24/c1-3-5-7-19-10-13-23-17-22(15-14-21(23)16-19)20-11-8-18(6-4-2)9-12-20/h3,8-17H,1,4-7H2,2H3. The molecule has 0 amide bonds. The highest BCUT2D eigenvalue weighted by Gasteiger charge is 2.02. The summed E-state index contributed by atoms with van der Waals surface area (Å²) in [5, 5.41) is 2.63. The van der Waals surface area contributed by atoms with Gasteiger partial charge in [-0.25, -0.2) is 0 Å². The summed E-state index contributed by atoms with van der Waals surface area (Å²) in [7, 11) is 0. The van der Waals surface area contributed by atoms with Gasteiger partial charge in [0.05, 0.1) is 0 Å². The Morgan fingerprint density at radius 2 is 1.39 bits per heavy atom. The van der Waals surface area contributed by atoms with Crippen LogP contribution in [0.15, 0.2) is 73.3 Å². The summed E-state index contributed by atoms with van der Waals surface area (Å²) < 4.78 is 0. The number of benzene rings is 3. The Bertz CT molecular complexity index is 794. The van der Waals surface area contributed by atoms with E-state index >= 15 is 0 Å². The van der Waals surface area contributed by atoms with Gasteiger partial charge in [0.25, 0.3) is 0 Å². The summed E-state index contributed by atoms with van der Waals surface area (Å²) in [4.78, 5) is 0. The molecule has 0 atom stereocenters. The minimum absolute atomic E-state index is 1.04. The van der Waals surface area contributed by atoms with Crippen molar-refractivity contribution in [3.8, 4) is 11.1 Å². The highest BCUT2D eigenvalue weighted by atomic mass is 14.1. The third kappa shape index (κ3) is 3.71. The number of rotatable bonds is 6. The van der Waals surface area contributed by atoms with Crippen LogP contribution >= 0.6 is 0 Å². The van der Waals surface area contributed by atoms with Gasteiger partial charge >= 0.3 is 0 Å². The maximum atomic E-state index is 3.80. The van der Waals surface area contributed by atoms with E-state index in [2.05, 4.69) is 74.2 Å². The lowest BCUT2D eigenvalue weighted by Crippen LogP contribution is -1.86. The molecule has 0 aromatic heterocycles. The first-order chi connectivity index (χ1) is 11.3. The molecule has 0 radical (unpaired) electrons. The van der Waals surface area contributed by atoms with Crippen molar-refractivity contribution in [2.24, 2.45) is 0 Å². The Morgan fingerprint density at radius 3 is 2.13 bits per heavy atom. The van der Waals surface area contributed by atoms with Crippen LogP contribution in [0.3, 0.4) is 0 Å². The fraction of sp³-hybridized carbons (Fsp3) is 0.217. The molecule has 3 rings (SSSR count). The van der Waals surface area contributed by atoms with E-state index in [1.165, 1.54) is 39.4 Å². The highest BCUT2D eigenvalue weighted by Crippen LogP contribution is 2.26. The zero-order valence-electron chi connectivity index (χ0n) is 13.9. The first-order valence-corrected chi connectivity index (χ1v) is 8.53. The number of hydrogen-bond acceptors (Lipinski definition) is 0. The fourth-order valence-corrected chi connectivity index (χ4v) is 3.05. The van der Waals surface area contributed by atoms with Crippen molar-refractivity contribution in [2.75, 3.05) is 0 Å². The molecule has 0 heteroatoms. The average Bonchev–Trinajstić information content (AvgIpc) is 2.60. The van der Waals surface area contributed by atoms with Crippen LogP contribution in [0.5, 0.6) is 0 Å². The van der Waals surface area contributed by atoms with Crippen LogP contribution in [-0.2, 0) is 12.8 Å². The van der Waals surface area contributed by atoms with Gasteiger partial charge in [-0.3, -0.25) is 0 Å². The van der Waals surface area contributed by atoms with E-state index in [0.29, 0.717) is 0 Å². The molecular weight excluding hydrogens is 276 g/mol. The number of allylic oxidation sites excluding steroid dienone is 1. The van der Waals surface area contributed by atoms with Crippen LogP contribution in [0, 0.1) is 0 Å². The topological polar surface area (TPSA) is 0 Å². The molecule has 0 aliphatic carbocycles. The minimum Gasteiger partial charge on any atom is -0.103 e. The molecule has 0 spiro atoms. The van der Waals surface area contributed by atoms with E-state index in [0.717, 1.165) is 19.3 Å². The van der Waals surface area contributed by atoms with Crippen molar-refractivity contribution >= 4 is 10.8 Å². The van der Waals surface area contributed by atoms with Gasteiger partial charge in [0.2, 0.25) is 0 Å². The Kier molecular flexibility index (Phi) is 4.92. The van der Waals surface area contributed by atoms with Crippen LogP contribution in [-0.4, -0.2) is 0 Å². The molecule has 0 N–H and O–H groups in total. The summed E-state index contributed by atoms with van der Waals surface area (Å²) >= 11 is 0. The van der Waals surface area contributed by atoms with Gasteiger partial charge in [0.15, 0.2) is 0 Å². The van der Waals surface area contributed by atoms with Crippen LogP contribution in [0.4, 0.5) is 0 Å². The third-order valence-electron chi connectivity index (χ3n) is 4.37. The summed E-state index contributed by atoms with van der Waals surface area (Å²) in [6, 6.07) is 22.5. The SMILES string of the molecule is C=CCCc1ccc2cc(-c3ccc(CCC)cc3)ccc2c1. The quantitative estimate of drug-likeness (QED) is 0.451. The monoisotopic (exact) mass is 300 g/mol. The molecule has 0 saturated carbocycles. The molecule has 0 saturated heterocycles. The largest absolute Gasteiger partial charge is 0.103 e. The van der Waals surface area contributed by atoms with Crippen molar-refractivity contribution in [1.82, 2.24) is 0 Å². The molecule has 0 nitrogen and oxygen atoms in total. The lowest BCUT2D eigenvalue weighted by atomic mass is 9.98. The first-order valence-electron chi connectivity index (χ1n) is 8.53. The maximum absolute atomic E-state index is 3.80. The van der Waals surface area contributed by atoms with Crippen molar-refractivity contribution in [3.05, 3.63) is 84.4 Å². The zero-order valence-corrected chi connectivity index (χ0v) is 13.9. The Labute approximate surface area is 139 Å². The molecule has 0 fully saturated rings. The van der Waals surface area contributed by atoms with E-state index in [1.807, 2.05) is 6.08 Å². The number of hydrogen-bond donors (Lipinski definition) is 0. The molecule has 0 heterocycles. The van der Waals surface area contributed by atoms with Gasteiger partial charge in [-0.05, 0) is 58.4 Å². The average molecular weight is 300 g/mol. The number of fused-ring (bicyclic) bond motifs is 1. The summed E-state index contributed by atoms with van der Waals surface area (Å²) in [5.41, 5.74) is 5.39. The molecule has 0 aliphatic rings. The van der Waals surface area contributed by atoms with Gasteiger partial charge in [-0.2, -0.15) is 0 Å². The fourth-order valence-electron chi connectivity index (χ4n) is 3.05. The molecule has 0 unspecified atom stereocenters. The lowest BCUT2D eigenvalue weighted by Gasteiger charge is -2.07. The van der Waals surface area contributed by atoms with Crippen molar-refractivity contribution in [2.45, 2.75) is 32.6 Å². The van der Waals surface area contributed by atoms with Crippen molar-refractivity contribution in [1.29, 1.82) is 0 Å². The minimum atomic E-state index is 1.04. The first kappa shape index (κ1) is 15.6. The molecule has 0 bridgehead atoms. The molecule has 23 heavy (non-hydrogen) atoms. The van der Waals surface area contributed by atoms with Crippen LogP contribution in [0.2, 0.25) is 0 Å². The van der Waals surface area contributed by atoms with Gasteiger partial charge in [-0.15, -0.1) is 6.58 Å². The zero-order chi connectivity index (χ0) is 16.1. The summed E-state index contributed by atoms with van der Waals surface area (Å²) in [6.07, 6.45) is 6.44. The Morgan fingerprint density at radius 1 is 0.739 bits per heavy atom. The van der Waals surface area contributed by atoms with Gasteiger partial charge in [0, 0.05) is 0 Å². The number of aryl methyl sites for hydroxylation is 2. The van der Waals surface area contributed by atoms with Gasteiger partial charge in [-0.1, -0.05) is 74.0 Å². The van der Waals surface area contributed by atoms with Crippen LogP contribution in [0.1, 0.15) is 30.9 Å². The third-order valence-corrected chi connectivity index (χ3v) is 4.37. The Balaban J connectivity index is 1.88. The second-order valence-corrected chi connectivity index (χ2v) is 6.17. The second kappa shape index (κ2) is 7.28. The summed E-state index contributed by atoms with van der Waals surface area (Å²) in [6.45, 7) is 6.02. The van der Waals surface area contributed by atoms with Crippen LogP contribution in [0.25, 0.3) is 21.9 Å². The van der Waals surface area contributed by atoms with Crippen LogP contribution < -0.4 is 0 Å². The normalized spacial score (nSPS) is 10.8. The van der Waals surface area contributed by atoms with Crippen molar-refractivity contribution < 1.29 is 0 Å². The molecule has 0 aliphatic heterocycles. The molecule has 116 valence electrons. The molecule has 3 aromatic rings. The van der Waals surface area contributed by atoms with E-state index in [1.54, 1.807) is 0 Å².